The van der Waals surface area contributed by atoms with Crippen LogP contribution in [0.1, 0.15) is 0 Å². The Labute approximate surface area is 94.0 Å². The van der Waals surface area contributed by atoms with E-state index >= 15 is 0 Å². The molecule has 0 radical (unpaired) electrons. The van der Waals surface area contributed by atoms with Crippen molar-refractivity contribution in [1.29, 1.82) is 0 Å². The van der Waals surface area contributed by atoms with E-state index in [0.29, 0.717) is 22.3 Å². The van der Waals surface area contributed by atoms with Gasteiger partial charge in [0.15, 0.2) is 0 Å². The molecule has 1 rings (SSSR count). The molecule has 0 bridgehead atoms. The van der Waals surface area contributed by atoms with Crippen LogP contribution >= 0.6 is 0 Å². The van der Waals surface area contributed by atoms with Crippen molar-refractivity contribution < 1.29 is 9.59 Å². The first-order chi connectivity index (χ1) is 7.29. The summed E-state index contributed by atoms with van der Waals surface area (Å²) in [6, 6.07) is 0. The van der Waals surface area contributed by atoms with Crippen molar-refractivity contribution in [2.45, 2.75) is 0 Å². The molecule has 0 spiro atoms. The first-order valence-electron chi connectivity index (χ1n) is 4.63. The Hall–Kier alpha value is -2.10. The van der Waals surface area contributed by atoms with E-state index in [1.54, 1.807) is 0 Å². The standard InChI is InChI=1S/C12H14N2O2/c1-5-6(2)10(12(14)16)8(4)7(3)9(5)11(13)15/h9-10H,1-4H2,(H2,13,15)(H2,14,16). The number of rotatable bonds is 2. The highest BCUT2D eigenvalue weighted by Gasteiger charge is 2.38. The Kier molecular flexibility index (Phi) is 2.85. The highest BCUT2D eigenvalue weighted by molar-refractivity contribution is 5.92. The van der Waals surface area contributed by atoms with E-state index in [9.17, 15) is 9.59 Å². The molecular formula is C12H14N2O2. The van der Waals surface area contributed by atoms with Crippen LogP contribution in [-0.4, -0.2) is 11.8 Å². The second-order valence-electron chi connectivity index (χ2n) is 3.77. The summed E-state index contributed by atoms with van der Waals surface area (Å²) in [6.45, 7) is 14.8. The lowest BCUT2D eigenvalue weighted by atomic mass is 9.70. The molecule has 0 saturated heterocycles. The minimum Gasteiger partial charge on any atom is -0.369 e. The maximum absolute atomic E-state index is 11.2. The summed E-state index contributed by atoms with van der Waals surface area (Å²) < 4.78 is 0. The molecule has 0 aromatic carbocycles. The van der Waals surface area contributed by atoms with E-state index in [1.807, 2.05) is 0 Å². The maximum atomic E-state index is 11.2. The van der Waals surface area contributed by atoms with Crippen LogP contribution in [0.15, 0.2) is 48.6 Å². The predicted octanol–water partition coefficient (Wildman–Crippen LogP) is 0.428. The first-order valence-corrected chi connectivity index (χ1v) is 4.63. The van der Waals surface area contributed by atoms with Gasteiger partial charge in [-0.2, -0.15) is 0 Å². The molecule has 1 fully saturated rings. The van der Waals surface area contributed by atoms with Crippen molar-refractivity contribution in [3.8, 4) is 0 Å². The van der Waals surface area contributed by atoms with Gasteiger partial charge >= 0.3 is 0 Å². The first kappa shape index (κ1) is 12.0. The molecule has 0 heterocycles. The number of hydrogen-bond acceptors (Lipinski definition) is 2. The minimum absolute atomic E-state index is 0.383. The van der Waals surface area contributed by atoms with Crippen LogP contribution in [0.25, 0.3) is 0 Å². The molecule has 4 N–H and O–H groups in total. The lowest BCUT2D eigenvalue weighted by molar-refractivity contribution is -0.121. The number of hydrogen-bond donors (Lipinski definition) is 2. The van der Waals surface area contributed by atoms with Gasteiger partial charge in [0.2, 0.25) is 11.8 Å². The molecule has 1 aliphatic carbocycles. The molecule has 1 saturated carbocycles. The molecule has 16 heavy (non-hydrogen) atoms. The number of carbonyl (C=O) groups excluding carboxylic acids is 2. The number of nitrogens with two attached hydrogens (primary N) is 2. The molecular weight excluding hydrogens is 204 g/mol. The summed E-state index contributed by atoms with van der Waals surface area (Å²) >= 11 is 0. The van der Waals surface area contributed by atoms with Gasteiger partial charge in [-0.05, 0) is 22.3 Å². The van der Waals surface area contributed by atoms with Gasteiger partial charge in [-0.1, -0.05) is 26.3 Å². The van der Waals surface area contributed by atoms with E-state index in [1.165, 1.54) is 0 Å². The highest BCUT2D eigenvalue weighted by atomic mass is 16.1. The van der Waals surface area contributed by atoms with E-state index in [4.69, 9.17) is 11.5 Å². The zero-order chi connectivity index (χ0) is 12.6. The maximum Gasteiger partial charge on any atom is 0.229 e. The average Bonchev–Trinajstić information content (AvgIpc) is 2.14. The van der Waals surface area contributed by atoms with Crippen LogP contribution in [0.5, 0.6) is 0 Å². The second kappa shape index (κ2) is 3.81. The van der Waals surface area contributed by atoms with Gasteiger partial charge in [0.1, 0.15) is 0 Å². The molecule has 0 unspecified atom stereocenters. The Morgan fingerprint density at radius 2 is 0.938 bits per heavy atom. The van der Waals surface area contributed by atoms with Crippen molar-refractivity contribution >= 4 is 11.8 Å². The van der Waals surface area contributed by atoms with Crippen LogP contribution in [0.2, 0.25) is 0 Å². The van der Waals surface area contributed by atoms with Crippen LogP contribution in [-0.2, 0) is 9.59 Å². The molecule has 4 nitrogen and oxygen atoms in total. The molecule has 0 aromatic rings. The van der Waals surface area contributed by atoms with Crippen LogP contribution in [0.4, 0.5) is 0 Å². The lowest BCUT2D eigenvalue weighted by Crippen LogP contribution is -2.38. The Morgan fingerprint density at radius 1 is 0.750 bits per heavy atom. The van der Waals surface area contributed by atoms with E-state index in [0.717, 1.165) is 0 Å². The van der Waals surface area contributed by atoms with Crippen molar-refractivity contribution in [2.75, 3.05) is 0 Å². The van der Waals surface area contributed by atoms with Gasteiger partial charge in [-0.25, -0.2) is 0 Å². The summed E-state index contributed by atoms with van der Waals surface area (Å²) in [5.74, 6) is -2.65. The van der Waals surface area contributed by atoms with Crippen LogP contribution < -0.4 is 11.5 Å². The normalized spacial score (nSPS) is 25.8. The Bertz CT molecular complexity index is 376. The summed E-state index contributed by atoms with van der Waals surface area (Å²) in [6.07, 6.45) is 0. The third-order valence-electron chi connectivity index (χ3n) is 2.79. The van der Waals surface area contributed by atoms with Gasteiger partial charge in [-0.15, -0.1) is 0 Å². The van der Waals surface area contributed by atoms with Gasteiger partial charge in [0, 0.05) is 0 Å². The summed E-state index contributed by atoms with van der Waals surface area (Å²) in [7, 11) is 0. The minimum atomic E-state index is -0.740. The molecule has 0 atom stereocenters. The molecule has 4 heteroatoms. The zero-order valence-electron chi connectivity index (χ0n) is 8.95. The fraction of sp³-hybridized carbons (Fsp3) is 0.167. The third kappa shape index (κ3) is 1.58. The van der Waals surface area contributed by atoms with Crippen molar-refractivity contribution in [1.82, 2.24) is 0 Å². The molecule has 84 valence electrons. The van der Waals surface area contributed by atoms with Gasteiger partial charge < -0.3 is 11.5 Å². The summed E-state index contributed by atoms with van der Waals surface area (Å²) in [5.41, 5.74) is 12.0. The molecule has 0 aromatic heterocycles. The van der Waals surface area contributed by atoms with Crippen LogP contribution in [0, 0.1) is 11.8 Å². The lowest BCUT2D eigenvalue weighted by Gasteiger charge is -2.33. The number of carbonyl (C=O) groups is 2. The van der Waals surface area contributed by atoms with Gasteiger partial charge in [0.05, 0.1) is 11.8 Å². The smallest absolute Gasteiger partial charge is 0.229 e. The van der Waals surface area contributed by atoms with Crippen molar-refractivity contribution in [3.63, 3.8) is 0 Å². The Balaban J connectivity index is 3.25. The summed E-state index contributed by atoms with van der Waals surface area (Å²) in [5, 5.41) is 0. The zero-order valence-corrected chi connectivity index (χ0v) is 8.95. The van der Waals surface area contributed by atoms with Crippen molar-refractivity contribution in [3.05, 3.63) is 48.6 Å². The van der Waals surface area contributed by atoms with E-state index in [2.05, 4.69) is 26.3 Å². The fourth-order valence-electron chi connectivity index (χ4n) is 1.85. The summed E-state index contributed by atoms with van der Waals surface area (Å²) in [4.78, 5) is 22.5. The number of primary amides is 2. The molecule has 0 aliphatic heterocycles. The molecule has 2 amide bonds. The van der Waals surface area contributed by atoms with E-state index < -0.39 is 23.7 Å². The van der Waals surface area contributed by atoms with Gasteiger partial charge in [-0.3, -0.25) is 9.59 Å². The quantitative estimate of drug-likeness (QED) is 0.704. The van der Waals surface area contributed by atoms with E-state index in [-0.39, 0.29) is 0 Å². The number of amides is 2. The average molecular weight is 218 g/mol. The monoisotopic (exact) mass is 218 g/mol. The SMILES string of the molecule is C=C1C(=C)C(C(N)=O)C(=C)C(=C)C1C(N)=O. The van der Waals surface area contributed by atoms with Gasteiger partial charge in [0.25, 0.3) is 0 Å². The topological polar surface area (TPSA) is 86.2 Å². The Morgan fingerprint density at radius 3 is 1.06 bits per heavy atom. The fourth-order valence-corrected chi connectivity index (χ4v) is 1.85. The highest BCUT2D eigenvalue weighted by Crippen LogP contribution is 2.41. The second-order valence-corrected chi connectivity index (χ2v) is 3.77. The predicted molar refractivity (Wildman–Crippen MR) is 61.9 cm³/mol. The molecule has 1 aliphatic rings. The third-order valence-corrected chi connectivity index (χ3v) is 2.79. The van der Waals surface area contributed by atoms with Crippen molar-refractivity contribution in [2.24, 2.45) is 23.3 Å². The largest absolute Gasteiger partial charge is 0.369 e. The van der Waals surface area contributed by atoms with Crippen LogP contribution in [0.3, 0.4) is 0 Å².